The molecule has 0 aliphatic heterocycles. The van der Waals surface area contributed by atoms with E-state index in [1.807, 2.05) is 0 Å². The Kier molecular flexibility index (Phi) is 4.96. The monoisotopic (exact) mass is 185 g/mol. The molecule has 0 rings (SSSR count). The van der Waals surface area contributed by atoms with E-state index in [-0.39, 0.29) is 17.4 Å². The lowest BCUT2D eigenvalue weighted by molar-refractivity contribution is -0.115. The minimum atomic E-state index is -0.717. The van der Waals surface area contributed by atoms with Gasteiger partial charge in [0.05, 0.1) is 12.8 Å². The first-order valence-corrected chi connectivity index (χ1v) is 4.22. The fraction of sp³-hybridized carbons (Fsp3) is 0.667. The number of amides is 1. The van der Waals surface area contributed by atoms with Crippen molar-refractivity contribution < 1.29 is 14.3 Å². The van der Waals surface area contributed by atoms with Gasteiger partial charge in [-0.1, -0.05) is 20.8 Å². The maximum atomic E-state index is 11.4. The molecule has 74 valence electrons. The van der Waals surface area contributed by atoms with Crippen LogP contribution in [-0.4, -0.2) is 24.7 Å². The molecule has 13 heavy (non-hydrogen) atoms. The molecule has 1 amide bonds. The van der Waals surface area contributed by atoms with Crippen LogP contribution in [0.1, 0.15) is 27.2 Å². The lowest BCUT2D eigenvalue weighted by atomic mass is 10.0. The molecule has 0 bridgehead atoms. The number of methoxy groups -OCH3 is 1. The predicted octanol–water partition coefficient (Wildman–Crippen LogP) is 1.83. The van der Waals surface area contributed by atoms with E-state index in [9.17, 15) is 9.59 Å². The molecule has 0 aliphatic rings. The van der Waals surface area contributed by atoms with Gasteiger partial charge < -0.3 is 4.74 Å². The fourth-order valence-electron chi connectivity index (χ4n) is 0.797. The van der Waals surface area contributed by atoms with E-state index in [1.165, 1.54) is 7.11 Å². The second-order valence-corrected chi connectivity index (χ2v) is 2.90. The summed E-state index contributed by atoms with van der Waals surface area (Å²) in [5.74, 6) is -0.240. The Morgan fingerprint density at radius 3 is 2.23 bits per heavy atom. The summed E-state index contributed by atoms with van der Waals surface area (Å²) in [6.45, 7) is 5.32. The van der Waals surface area contributed by atoms with E-state index < -0.39 is 6.09 Å². The molecule has 0 saturated heterocycles. The van der Waals surface area contributed by atoms with E-state index in [0.29, 0.717) is 6.42 Å². The van der Waals surface area contributed by atoms with E-state index >= 15 is 0 Å². The molecule has 4 heteroatoms. The molecule has 0 aliphatic carbocycles. The molecule has 0 spiro atoms. The van der Waals surface area contributed by atoms with Crippen LogP contribution in [0.15, 0.2) is 4.99 Å². The zero-order valence-corrected chi connectivity index (χ0v) is 8.46. The summed E-state index contributed by atoms with van der Waals surface area (Å²) >= 11 is 0. The van der Waals surface area contributed by atoms with Crippen molar-refractivity contribution in [3.05, 3.63) is 0 Å². The lowest BCUT2D eigenvalue weighted by Crippen LogP contribution is -2.20. The van der Waals surface area contributed by atoms with Crippen LogP contribution in [0.2, 0.25) is 0 Å². The summed E-state index contributed by atoms with van der Waals surface area (Å²) in [7, 11) is 1.24. The van der Waals surface area contributed by atoms with Crippen LogP contribution in [0.4, 0.5) is 4.79 Å². The van der Waals surface area contributed by atoms with Crippen LogP contribution < -0.4 is 0 Å². The van der Waals surface area contributed by atoms with Gasteiger partial charge >= 0.3 is 6.09 Å². The Morgan fingerprint density at radius 1 is 1.38 bits per heavy atom. The first-order chi connectivity index (χ1) is 6.02. The normalized spacial score (nSPS) is 11.6. The minimum absolute atomic E-state index is 0.104. The van der Waals surface area contributed by atoms with Gasteiger partial charge in [-0.25, -0.2) is 4.79 Å². The average molecular weight is 185 g/mol. The number of rotatable bonds is 3. The lowest BCUT2D eigenvalue weighted by Gasteiger charge is -2.04. The maximum absolute atomic E-state index is 11.4. The molecule has 0 unspecified atom stereocenters. The summed E-state index contributed by atoms with van der Waals surface area (Å²) in [5.41, 5.74) is 0.279. The summed E-state index contributed by atoms with van der Waals surface area (Å²) in [6.07, 6.45) is -0.266. The molecule has 0 atom stereocenters. The third-order valence-corrected chi connectivity index (χ3v) is 1.54. The summed E-state index contributed by atoms with van der Waals surface area (Å²) in [5, 5.41) is 0. The van der Waals surface area contributed by atoms with Crippen molar-refractivity contribution >= 4 is 17.6 Å². The molecule has 0 saturated carbocycles. The molecule has 0 fully saturated rings. The average Bonchev–Trinajstić information content (AvgIpc) is 2.12. The SMILES string of the molecule is CCC(=NC(=O)OC)C(=O)C(C)C. The standard InChI is InChI=1S/C9H15NO3/c1-5-7(8(11)6(2)3)10-9(12)13-4/h6H,5H2,1-4H3. The maximum Gasteiger partial charge on any atom is 0.433 e. The molecular weight excluding hydrogens is 170 g/mol. The van der Waals surface area contributed by atoms with Crippen molar-refractivity contribution in [3.8, 4) is 0 Å². The number of aliphatic imine (C=N–C) groups is 1. The van der Waals surface area contributed by atoms with Crippen LogP contribution in [0.25, 0.3) is 0 Å². The number of Topliss-reactive ketones (excluding diaryl/α,β-unsaturated/α-hetero) is 1. The fourth-order valence-corrected chi connectivity index (χ4v) is 0.797. The molecule has 4 nitrogen and oxygen atoms in total. The Labute approximate surface area is 78.0 Å². The van der Waals surface area contributed by atoms with Crippen LogP contribution in [-0.2, 0) is 9.53 Å². The quantitative estimate of drug-likeness (QED) is 0.630. The van der Waals surface area contributed by atoms with Crippen molar-refractivity contribution in [1.29, 1.82) is 0 Å². The van der Waals surface area contributed by atoms with Gasteiger partial charge in [-0.3, -0.25) is 4.79 Å². The number of ether oxygens (including phenoxy) is 1. The Balaban J connectivity index is 4.59. The smallest absolute Gasteiger partial charge is 0.433 e. The van der Waals surface area contributed by atoms with Crippen molar-refractivity contribution in [2.75, 3.05) is 7.11 Å². The highest BCUT2D eigenvalue weighted by Gasteiger charge is 2.14. The number of hydrogen-bond acceptors (Lipinski definition) is 3. The van der Waals surface area contributed by atoms with Crippen molar-refractivity contribution in [3.63, 3.8) is 0 Å². The summed E-state index contributed by atoms with van der Waals surface area (Å²) < 4.78 is 4.33. The van der Waals surface area contributed by atoms with Crippen LogP contribution in [0, 0.1) is 5.92 Å². The highest BCUT2D eigenvalue weighted by Crippen LogP contribution is 2.01. The van der Waals surface area contributed by atoms with Crippen LogP contribution >= 0.6 is 0 Å². The third kappa shape index (κ3) is 3.83. The van der Waals surface area contributed by atoms with E-state index in [4.69, 9.17) is 0 Å². The number of carbonyl (C=O) groups is 2. The molecule has 0 radical (unpaired) electrons. The molecule has 0 N–H and O–H groups in total. The van der Waals surface area contributed by atoms with Gasteiger partial charge in [-0.05, 0) is 6.42 Å². The van der Waals surface area contributed by atoms with Gasteiger partial charge in [0.1, 0.15) is 0 Å². The number of hydrogen-bond donors (Lipinski definition) is 0. The van der Waals surface area contributed by atoms with Crippen molar-refractivity contribution in [2.45, 2.75) is 27.2 Å². The number of nitrogens with zero attached hydrogens (tertiary/aromatic N) is 1. The third-order valence-electron chi connectivity index (χ3n) is 1.54. The Morgan fingerprint density at radius 2 is 1.92 bits per heavy atom. The van der Waals surface area contributed by atoms with Gasteiger partial charge in [0.25, 0.3) is 0 Å². The summed E-state index contributed by atoms with van der Waals surface area (Å²) in [6, 6.07) is 0. The first kappa shape index (κ1) is 11.8. The Bertz CT molecular complexity index is 231. The largest absolute Gasteiger partial charge is 0.451 e. The van der Waals surface area contributed by atoms with E-state index in [2.05, 4.69) is 9.73 Å². The molecule has 0 aromatic heterocycles. The number of ketones is 1. The van der Waals surface area contributed by atoms with Gasteiger partial charge in [0.15, 0.2) is 5.78 Å². The highest BCUT2D eigenvalue weighted by atomic mass is 16.5. The van der Waals surface area contributed by atoms with E-state index in [1.54, 1.807) is 20.8 Å². The zero-order chi connectivity index (χ0) is 10.4. The number of carbonyl (C=O) groups excluding carboxylic acids is 2. The predicted molar refractivity (Wildman–Crippen MR) is 50.0 cm³/mol. The van der Waals surface area contributed by atoms with Crippen molar-refractivity contribution in [2.24, 2.45) is 10.9 Å². The second kappa shape index (κ2) is 5.45. The van der Waals surface area contributed by atoms with Crippen LogP contribution in [0.5, 0.6) is 0 Å². The van der Waals surface area contributed by atoms with Gasteiger partial charge in [-0.15, -0.1) is 0 Å². The van der Waals surface area contributed by atoms with E-state index in [0.717, 1.165) is 0 Å². The van der Waals surface area contributed by atoms with Gasteiger partial charge in [0.2, 0.25) is 0 Å². The topological polar surface area (TPSA) is 55.7 Å². The van der Waals surface area contributed by atoms with Crippen LogP contribution in [0.3, 0.4) is 0 Å². The van der Waals surface area contributed by atoms with Gasteiger partial charge in [-0.2, -0.15) is 4.99 Å². The van der Waals surface area contributed by atoms with Gasteiger partial charge in [0, 0.05) is 5.92 Å². The highest BCUT2D eigenvalue weighted by molar-refractivity contribution is 6.41. The molecule has 0 heterocycles. The molecular formula is C9H15NO3. The first-order valence-electron chi connectivity index (χ1n) is 4.22. The minimum Gasteiger partial charge on any atom is -0.451 e. The summed E-state index contributed by atoms with van der Waals surface area (Å²) in [4.78, 5) is 25.7. The molecule has 0 aromatic rings. The second-order valence-electron chi connectivity index (χ2n) is 2.90. The zero-order valence-electron chi connectivity index (χ0n) is 8.46. The van der Waals surface area contributed by atoms with Crippen molar-refractivity contribution in [1.82, 2.24) is 0 Å². The molecule has 0 aromatic carbocycles. The Hall–Kier alpha value is -1.19.